The summed E-state index contributed by atoms with van der Waals surface area (Å²) in [6, 6.07) is 1.95. The number of nitrogens with zero attached hydrogens (tertiary/aromatic N) is 2. The van der Waals surface area contributed by atoms with Crippen LogP contribution in [0.1, 0.15) is 6.92 Å². The number of rotatable bonds is 7. The molecular formula is C10H16F3N3O. The first-order valence-corrected chi connectivity index (χ1v) is 5.32. The molecule has 7 heteroatoms. The first-order chi connectivity index (χ1) is 7.97. The van der Waals surface area contributed by atoms with Crippen LogP contribution >= 0.6 is 0 Å². The van der Waals surface area contributed by atoms with E-state index < -0.39 is 12.8 Å². The Balaban J connectivity index is 2.03. The van der Waals surface area contributed by atoms with Crippen LogP contribution in [0.25, 0.3) is 0 Å². The molecule has 0 bridgehead atoms. The SMILES string of the molecule is CC(Cn1cccn1)NCCOCC(F)(F)F. The summed E-state index contributed by atoms with van der Waals surface area (Å²) in [5.74, 6) is 0. The number of alkyl halides is 3. The summed E-state index contributed by atoms with van der Waals surface area (Å²) < 4.78 is 41.4. The molecule has 0 amide bonds. The second-order valence-electron chi connectivity index (χ2n) is 3.75. The maximum absolute atomic E-state index is 11.7. The van der Waals surface area contributed by atoms with E-state index in [0.29, 0.717) is 13.1 Å². The molecule has 0 saturated heterocycles. The normalized spacial score (nSPS) is 13.9. The minimum absolute atomic E-state index is 0.0446. The molecule has 1 atom stereocenters. The molecule has 17 heavy (non-hydrogen) atoms. The molecular weight excluding hydrogens is 235 g/mol. The summed E-state index contributed by atoms with van der Waals surface area (Å²) in [5.41, 5.74) is 0. The van der Waals surface area contributed by atoms with Crippen molar-refractivity contribution in [2.45, 2.75) is 25.7 Å². The van der Waals surface area contributed by atoms with Gasteiger partial charge in [-0.05, 0) is 13.0 Å². The Morgan fingerprint density at radius 1 is 1.47 bits per heavy atom. The largest absolute Gasteiger partial charge is 0.411 e. The van der Waals surface area contributed by atoms with E-state index >= 15 is 0 Å². The summed E-state index contributed by atoms with van der Waals surface area (Å²) >= 11 is 0. The molecule has 1 N–H and O–H groups in total. The Morgan fingerprint density at radius 2 is 2.24 bits per heavy atom. The molecule has 0 aliphatic heterocycles. The average molecular weight is 251 g/mol. The second-order valence-corrected chi connectivity index (χ2v) is 3.75. The molecule has 0 spiro atoms. The highest BCUT2D eigenvalue weighted by molar-refractivity contribution is 4.78. The van der Waals surface area contributed by atoms with Crippen LogP contribution in [0.3, 0.4) is 0 Å². The molecule has 0 aliphatic rings. The predicted molar refractivity (Wildman–Crippen MR) is 56.6 cm³/mol. The van der Waals surface area contributed by atoms with Crippen molar-refractivity contribution in [1.82, 2.24) is 15.1 Å². The highest BCUT2D eigenvalue weighted by Gasteiger charge is 2.27. The molecule has 0 saturated carbocycles. The monoisotopic (exact) mass is 251 g/mol. The number of nitrogens with one attached hydrogen (secondary N) is 1. The molecule has 1 heterocycles. The molecule has 98 valence electrons. The number of hydrogen-bond donors (Lipinski definition) is 1. The fraction of sp³-hybridized carbons (Fsp3) is 0.700. The van der Waals surface area contributed by atoms with Gasteiger partial charge in [-0.2, -0.15) is 18.3 Å². The lowest BCUT2D eigenvalue weighted by Gasteiger charge is -2.14. The van der Waals surface area contributed by atoms with Crippen LogP contribution in [0.15, 0.2) is 18.5 Å². The molecule has 1 aromatic rings. The molecule has 1 rings (SSSR count). The van der Waals surface area contributed by atoms with Crippen LogP contribution in [0.5, 0.6) is 0 Å². The topological polar surface area (TPSA) is 39.1 Å². The highest BCUT2D eigenvalue weighted by atomic mass is 19.4. The van der Waals surface area contributed by atoms with E-state index in [2.05, 4.69) is 15.2 Å². The van der Waals surface area contributed by atoms with E-state index in [1.807, 2.05) is 19.2 Å². The Bertz CT molecular complexity index is 300. The summed E-state index contributed by atoms with van der Waals surface area (Å²) in [5, 5.41) is 7.08. The Kier molecular flexibility index (Phi) is 5.43. The molecule has 1 unspecified atom stereocenters. The second kappa shape index (κ2) is 6.61. The summed E-state index contributed by atoms with van der Waals surface area (Å²) in [6.07, 6.45) is -0.738. The molecule has 0 aromatic carbocycles. The smallest absolute Gasteiger partial charge is 0.371 e. The average Bonchev–Trinajstić information content (AvgIpc) is 2.68. The predicted octanol–water partition coefficient (Wildman–Crippen LogP) is 1.44. The lowest BCUT2D eigenvalue weighted by atomic mass is 10.3. The first-order valence-electron chi connectivity index (χ1n) is 5.32. The first kappa shape index (κ1) is 14.0. The minimum Gasteiger partial charge on any atom is -0.371 e. The fourth-order valence-electron chi connectivity index (χ4n) is 1.32. The van der Waals surface area contributed by atoms with Gasteiger partial charge in [-0.25, -0.2) is 0 Å². The Labute approximate surface area is 97.8 Å². The van der Waals surface area contributed by atoms with Gasteiger partial charge in [-0.3, -0.25) is 4.68 Å². The summed E-state index contributed by atoms with van der Waals surface area (Å²) in [6.45, 7) is 1.85. The number of halogens is 3. The Morgan fingerprint density at radius 3 is 2.82 bits per heavy atom. The van der Waals surface area contributed by atoms with Crippen molar-refractivity contribution in [3.8, 4) is 0 Å². The van der Waals surface area contributed by atoms with Crippen molar-refractivity contribution in [2.24, 2.45) is 0 Å². The van der Waals surface area contributed by atoms with Crippen molar-refractivity contribution in [3.63, 3.8) is 0 Å². The van der Waals surface area contributed by atoms with Gasteiger partial charge < -0.3 is 10.1 Å². The van der Waals surface area contributed by atoms with Gasteiger partial charge in [0, 0.05) is 25.0 Å². The van der Waals surface area contributed by atoms with Gasteiger partial charge in [0.2, 0.25) is 0 Å². The van der Waals surface area contributed by atoms with Gasteiger partial charge >= 0.3 is 6.18 Å². The van der Waals surface area contributed by atoms with E-state index in [1.165, 1.54) is 0 Å². The van der Waals surface area contributed by atoms with Crippen LogP contribution in [0.4, 0.5) is 13.2 Å². The van der Waals surface area contributed by atoms with Crippen LogP contribution < -0.4 is 5.32 Å². The Hall–Kier alpha value is -1.08. The highest BCUT2D eigenvalue weighted by Crippen LogP contribution is 2.13. The zero-order chi connectivity index (χ0) is 12.7. The van der Waals surface area contributed by atoms with E-state index in [9.17, 15) is 13.2 Å². The van der Waals surface area contributed by atoms with Gasteiger partial charge in [-0.1, -0.05) is 0 Å². The van der Waals surface area contributed by atoms with Crippen LogP contribution in [0.2, 0.25) is 0 Å². The lowest BCUT2D eigenvalue weighted by molar-refractivity contribution is -0.173. The van der Waals surface area contributed by atoms with Crippen LogP contribution in [0, 0.1) is 0 Å². The number of ether oxygens (including phenoxy) is 1. The summed E-state index contributed by atoms with van der Waals surface area (Å²) in [4.78, 5) is 0. The summed E-state index contributed by atoms with van der Waals surface area (Å²) in [7, 11) is 0. The van der Waals surface area contributed by atoms with Crippen molar-refractivity contribution < 1.29 is 17.9 Å². The van der Waals surface area contributed by atoms with E-state index in [4.69, 9.17) is 0 Å². The molecule has 1 aromatic heterocycles. The molecule has 0 fully saturated rings. The third-order valence-electron chi connectivity index (χ3n) is 2.03. The fourth-order valence-corrected chi connectivity index (χ4v) is 1.32. The standard InChI is InChI=1S/C10H16F3N3O/c1-9(7-16-5-2-3-15-16)14-4-6-17-8-10(11,12)13/h2-3,5,9,14H,4,6-8H2,1H3. The maximum Gasteiger partial charge on any atom is 0.411 e. The number of aromatic nitrogens is 2. The van der Waals surface area contributed by atoms with Gasteiger partial charge in [0.25, 0.3) is 0 Å². The van der Waals surface area contributed by atoms with Gasteiger partial charge in [0.15, 0.2) is 0 Å². The third-order valence-corrected chi connectivity index (χ3v) is 2.03. The molecule has 0 aliphatic carbocycles. The van der Waals surface area contributed by atoms with Gasteiger partial charge in [-0.15, -0.1) is 0 Å². The van der Waals surface area contributed by atoms with Crippen molar-refractivity contribution in [3.05, 3.63) is 18.5 Å². The third kappa shape index (κ3) is 6.96. The zero-order valence-corrected chi connectivity index (χ0v) is 9.57. The van der Waals surface area contributed by atoms with Gasteiger partial charge in [0.1, 0.15) is 6.61 Å². The quantitative estimate of drug-likeness (QED) is 0.745. The van der Waals surface area contributed by atoms with E-state index in [1.54, 1.807) is 10.9 Å². The van der Waals surface area contributed by atoms with E-state index in [-0.39, 0.29) is 12.6 Å². The van der Waals surface area contributed by atoms with Crippen molar-refractivity contribution in [1.29, 1.82) is 0 Å². The lowest BCUT2D eigenvalue weighted by Crippen LogP contribution is -2.33. The van der Waals surface area contributed by atoms with Crippen LogP contribution in [-0.2, 0) is 11.3 Å². The zero-order valence-electron chi connectivity index (χ0n) is 9.57. The molecule has 4 nitrogen and oxygen atoms in total. The number of hydrogen-bond acceptors (Lipinski definition) is 3. The molecule has 0 radical (unpaired) electrons. The minimum atomic E-state index is -4.25. The van der Waals surface area contributed by atoms with Crippen LogP contribution in [-0.4, -0.2) is 41.8 Å². The van der Waals surface area contributed by atoms with Gasteiger partial charge in [0.05, 0.1) is 13.2 Å². The van der Waals surface area contributed by atoms with Crippen molar-refractivity contribution in [2.75, 3.05) is 19.8 Å². The van der Waals surface area contributed by atoms with E-state index in [0.717, 1.165) is 0 Å². The van der Waals surface area contributed by atoms with Crippen molar-refractivity contribution >= 4 is 0 Å². The maximum atomic E-state index is 11.7.